The van der Waals surface area contributed by atoms with E-state index in [1.807, 2.05) is 17.2 Å². The molecule has 0 saturated carbocycles. The van der Waals surface area contributed by atoms with Crippen LogP contribution in [0.2, 0.25) is 0 Å². The summed E-state index contributed by atoms with van der Waals surface area (Å²) in [6.45, 7) is 3.96. The predicted molar refractivity (Wildman–Crippen MR) is 80.1 cm³/mol. The summed E-state index contributed by atoms with van der Waals surface area (Å²) in [7, 11) is 0. The van der Waals surface area contributed by atoms with E-state index < -0.39 is 0 Å². The molecule has 4 heteroatoms. The summed E-state index contributed by atoms with van der Waals surface area (Å²) in [5.41, 5.74) is 1.85. The molecule has 0 spiro atoms. The third kappa shape index (κ3) is 2.94. The van der Waals surface area contributed by atoms with Crippen molar-refractivity contribution in [2.45, 2.75) is 38.5 Å². The number of anilines is 1. The zero-order valence-corrected chi connectivity index (χ0v) is 12.1. The topological polar surface area (TPSA) is 36.4 Å². The Morgan fingerprint density at radius 2 is 1.55 bits per heavy atom. The van der Waals surface area contributed by atoms with Gasteiger partial charge in [-0.3, -0.25) is 9.78 Å². The Balaban J connectivity index is 1.74. The second-order valence-corrected chi connectivity index (χ2v) is 5.83. The Hall–Kier alpha value is -1.58. The molecule has 2 fully saturated rings. The lowest BCUT2D eigenvalue weighted by Gasteiger charge is -2.29. The van der Waals surface area contributed by atoms with Crippen LogP contribution in [0.4, 0.5) is 5.69 Å². The van der Waals surface area contributed by atoms with E-state index in [1.165, 1.54) is 25.7 Å². The lowest BCUT2D eigenvalue weighted by molar-refractivity contribution is 0.0724. The number of pyridine rings is 1. The molecule has 0 atom stereocenters. The lowest BCUT2D eigenvalue weighted by atomic mass is 10.1. The van der Waals surface area contributed by atoms with Crippen LogP contribution >= 0.6 is 0 Å². The molecule has 0 N–H and O–H groups in total. The van der Waals surface area contributed by atoms with Crippen LogP contribution in [0.1, 0.15) is 48.9 Å². The van der Waals surface area contributed by atoms with Crippen molar-refractivity contribution in [3.8, 4) is 0 Å². The molecule has 1 aromatic heterocycles. The SMILES string of the molecule is O=C(c1cncc(N2CCCCC2)c1)N1CCCCC1. The Morgan fingerprint density at radius 3 is 2.25 bits per heavy atom. The van der Waals surface area contributed by atoms with Crippen molar-refractivity contribution in [3.63, 3.8) is 0 Å². The summed E-state index contributed by atoms with van der Waals surface area (Å²) in [6.07, 6.45) is 10.9. The number of piperidine rings is 2. The third-order valence-corrected chi connectivity index (χ3v) is 4.34. The number of carbonyl (C=O) groups is 1. The molecular weight excluding hydrogens is 250 g/mol. The first-order valence-electron chi connectivity index (χ1n) is 7.84. The lowest BCUT2D eigenvalue weighted by Crippen LogP contribution is -2.36. The summed E-state index contributed by atoms with van der Waals surface area (Å²) in [4.78, 5) is 21.1. The van der Waals surface area contributed by atoms with E-state index in [0.717, 1.165) is 50.3 Å². The zero-order valence-electron chi connectivity index (χ0n) is 12.1. The second-order valence-electron chi connectivity index (χ2n) is 5.83. The zero-order chi connectivity index (χ0) is 13.8. The van der Waals surface area contributed by atoms with Gasteiger partial charge in [0.1, 0.15) is 0 Å². The van der Waals surface area contributed by atoms with Gasteiger partial charge in [-0.25, -0.2) is 0 Å². The van der Waals surface area contributed by atoms with Crippen molar-refractivity contribution in [1.29, 1.82) is 0 Å². The number of amides is 1. The molecule has 2 aliphatic heterocycles. The second kappa shape index (κ2) is 6.25. The van der Waals surface area contributed by atoms with E-state index in [4.69, 9.17) is 0 Å². The molecule has 0 bridgehead atoms. The average Bonchev–Trinajstić information content (AvgIpc) is 2.56. The van der Waals surface area contributed by atoms with E-state index in [2.05, 4.69) is 9.88 Å². The number of hydrogen-bond acceptors (Lipinski definition) is 3. The maximum Gasteiger partial charge on any atom is 0.255 e. The molecule has 1 amide bonds. The highest BCUT2D eigenvalue weighted by Crippen LogP contribution is 2.21. The minimum absolute atomic E-state index is 0.149. The summed E-state index contributed by atoms with van der Waals surface area (Å²) in [6, 6.07) is 2.02. The molecule has 0 unspecified atom stereocenters. The molecule has 3 rings (SSSR count). The third-order valence-electron chi connectivity index (χ3n) is 4.34. The fourth-order valence-corrected chi connectivity index (χ4v) is 3.15. The normalized spacial score (nSPS) is 20.0. The van der Waals surface area contributed by atoms with Gasteiger partial charge in [0.2, 0.25) is 0 Å². The van der Waals surface area contributed by atoms with Crippen LogP contribution in [-0.4, -0.2) is 42.0 Å². The Morgan fingerprint density at radius 1 is 0.900 bits per heavy atom. The molecule has 108 valence electrons. The number of hydrogen-bond donors (Lipinski definition) is 0. The first-order chi connectivity index (χ1) is 9.84. The van der Waals surface area contributed by atoms with E-state index in [1.54, 1.807) is 6.20 Å². The van der Waals surface area contributed by atoms with Crippen LogP contribution in [0.25, 0.3) is 0 Å². The maximum absolute atomic E-state index is 12.5. The van der Waals surface area contributed by atoms with E-state index in [0.29, 0.717) is 0 Å². The molecule has 0 aliphatic carbocycles. The van der Waals surface area contributed by atoms with E-state index in [-0.39, 0.29) is 5.91 Å². The number of rotatable bonds is 2. The quantitative estimate of drug-likeness (QED) is 0.831. The van der Waals surface area contributed by atoms with Gasteiger partial charge in [-0.15, -0.1) is 0 Å². The monoisotopic (exact) mass is 273 g/mol. The van der Waals surface area contributed by atoms with Crippen molar-refractivity contribution < 1.29 is 4.79 Å². The summed E-state index contributed by atoms with van der Waals surface area (Å²) < 4.78 is 0. The smallest absolute Gasteiger partial charge is 0.255 e. The molecule has 3 heterocycles. The standard InChI is InChI=1S/C16H23N3O/c20-16(19-9-5-2-6-10-19)14-11-15(13-17-12-14)18-7-3-1-4-8-18/h11-13H,1-10H2. The van der Waals surface area contributed by atoms with Crippen LogP contribution in [0.15, 0.2) is 18.5 Å². The van der Waals surface area contributed by atoms with Crippen LogP contribution in [0, 0.1) is 0 Å². The van der Waals surface area contributed by atoms with Crippen molar-refractivity contribution >= 4 is 11.6 Å². The fourth-order valence-electron chi connectivity index (χ4n) is 3.15. The van der Waals surface area contributed by atoms with Gasteiger partial charge in [-0.05, 0) is 44.6 Å². The number of likely N-dealkylation sites (tertiary alicyclic amines) is 1. The molecule has 20 heavy (non-hydrogen) atoms. The Kier molecular flexibility index (Phi) is 4.19. The van der Waals surface area contributed by atoms with Crippen molar-refractivity contribution in [3.05, 3.63) is 24.0 Å². The van der Waals surface area contributed by atoms with Gasteiger partial charge in [0.05, 0.1) is 17.4 Å². The summed E-state index contributed by atoms with van der Waals surface area (Å²) in [5, 5.41) is 0. The molecule has 2 saturated heterocycles. The van der Waals surface area contributed by atoms with Gasteiger partial charge >= 0.3 is 0 Å². The van der Waals surface area contributed by atoms with E-state index in [9.17, 15) is 4.79 Å². The predicted octanol–water partition coefficient (Wildman–Crippen LogP) is 2.70. The largest absolute Gasteiger partial charge is 0.370 e. The molecule has 4 nitrogen and oxygen atoms in total. The van der Waals surface area contributed by atoms with Gasteiger partial charge in [0.15, 0.2) is 0 Å². The molecule has 2 aliphatic rings. The van der Waals surface area contributed by atoms with Crippen molar-refractivity contribution in [2.24, 2.45) is 0 Å². The van der Waals surface area contributed by atoms with Crippen molar-refractivity contribution in [1.82, 2.24) is 9.88 Å². The Labute approximate surface area is 120 Å². The van der Waals surface area contributed by atoms with Crippen LogP contribution in [-0.2, 0) is 0 Å². The minimum Gasteiger partial charge on any atom is -0.370 e. The summed E-state index contributed by atoms with van der Waals surface area (Å²) >= 11 is 0. The Bertz CT molecular complexity index is 463. The van der Waals surface area contributed by atoms with Gasteiger partial charge in [-0.1, -0.05) is 0 Å². The minimum atomic E-state index is 0.149. The first kappa shape index (κ1) is 13.4. The molecule has 1 aromatic rings. The highest BCUT2D eigenvalue weighted by molar-refractivity contribution is 5.94. The van der Waals surface area contributed by atoms with Gasteiger partial charge in [0, 0.05) is 32.4 Å². The maximum atomic E-state index is 12.5. The highest BCUT2D eigenvalue weighted by Gasteiger charge is 2.20. The van der Waals surface area contributed by atoms with Crippen LogP contribution < -0.4 is 4.90 Å². The summed E-state index contributed by atoms with van der Waals surface area (Å²) in [5.74, 6) is 0.149. The van der Waals surface area contributed by atoms with Crippen LogP contribution in [0.3, 0.4) is 0 Å². The fraction of sp³-hybridized carbons (Fsp3) is 0.625. The average molecular weight is 273 g/mol. The molecular formula is C16H23N3O. The van der Waals surface area contributed by atoms with Gasteiger partial charge < -0.3 is 9.80 Å². The van der Waals surface area contributed by atoms with Crippen LogP contribution in [0.5, 0.6) is 0 Å². The number of aromatic nitrogens is 1. The van der Waals surface area contributed by atoms with Crippen molar-refractivity contribution in [2.75, 3.05) is 31.1 Å². The van der Waals surface area contributed by atoms with E-state index >= 15 is 0 Å². The molecule has 0 radical (unpaired) electrons. The number of nitrogens with zero attached hydrogens (tertiary/aromatic N) is 3. The number of carbonyl (C=O) groups excluding carboxylic acids is 1. The highest BCUT2D eigenvalue weighted by atomic mass is 16.2. The molecule has 0 aromatic carbocycles. The first-order valence-corrected chi connectivity index (χ1v) is 7.84. The van der Waals surface area contributed by atoms with Gasteiger partial charge in [0.25, 0.3) is 5.91 Å². The van der Waals surface area contributed by atoms with Gasteiger partial charge in [-0.2, -0.15) is 0 Å².